The summed E-state index contributed by atoms with van der Waals surface area (Å²) in [5, 5.41) is 1.02. The van der Waals surface area contributed by atoms with Crippen LogP contribution >= 0.6 is 0 Å². The molecule has 0 unspecified atom stereocenters. The lowest BCUT2D eigenvalue weighted by atomic mass is 10.2. The van der Waals surface area contributed by atoms with Crippen molar-refractivity contribution in [3.8, 4) is 0 Å². The molecular formula is C11H10N2O. The van der Waals surface area contributed by atoms with Crippen LogP contribution in [0.4, 0.5) is 0 Å². The van der Waals surface area contributed by atoms with Crippen LogP contribution < -0.4 is 5.56 Å². The molecule has 0 aliphatic heterocycles. The fourth-order valence-corrected chi connectivity index (χ4v) is 1.40. The number of nitrogens with zero attached hydrogens (tertiary/aromatic N) is 1. The first-order valence-corrected chi connectivity index (χ1v) is 4.35. The number of nitrogens with one attached hydrogen (secondary N) is 1. The van der Waals surface area contributed by atoms with Gasteiger partial charge < -0.3 is 4.98 Å². The van der Waals surface area contributed by atoms with Gasteiger partial charge in [0.1, 0.15) is 0 Å². The monoisotopic (exact) mass is 186 g/mol. The first-order chi connectivity index (χ1) is 6.81. The van der Waals surface area contributed by atoms with E-state index in [1.165, 1.54) is 0 Å². The van der Waals surface area contributed by atoms with Crippen LogP contribution in [0, 0.1) is 0 Å². The molecule has 0 radical (unpaired) electrons. The number of hydrogen-bond donors (Lipinski definition) is 1. The minimum absolute atomic E-state index is 0.102. The number of pyridine rings is 1. The van der Waals surface area contributed by atoms with Gasteiger partial charge in [0.05, 0.1) is 5.56 Å². The number of aromatic nitrogens is 1. The summed E-state index contributed by atoms with van der Waals surface area (Å²) < 4.78 is 0. The summed E-state index contributed by atoms with van der Waals surface area (Å²) in [6.07, 6.45) is 1.56. The molecule has 2 aromatic rings. The van der Waals surface area contributed by atoms with Crippen LogP contribution in [-0.4, -0.2) is 18.2 Å². The predicted molar refractivity (Wildman–Crippen MR) is 58.1 cm³/mol. The summed E-state index contributed by atoms with van der Waals surface area (Å²) in [7, 11) is 1.65. The molecule has 0 atom stereocenters. The van der Waals surface area contributed by atoms with E-state index >= 15 is 0 Å². The Bertz CT molecular complexity index is 540. The molecule has 0 saturated heterocycles. The van der Waals surface area contributed by atoms with Gasteiger partial charge in [0.2, 0.25) is 0 Å². The van der Waals surface area contributed by atoms with Gasteiger partial charge in [-0.05, 0) is 17.5 Å². The number of aromatic amines is 1. The Morgan fingerprint density at radius 2 is 2.14 bits per heavy atom. The molecule has 70 valence electrons. The molecule has 0 fully saturated rings. The first-order valence-electron chi connectivity index (χ1n) is 4.35. The first kappa shape index (κ1) is 8.69. The largest absolute Gasteiger partial charge is 0.321 e. The van der Waals surface area contributed by atoms with Crippen LogP contribution in [0.5, 0.6) is 0 Å². The number of fused-ring (bicyclic) bond motifs is 1. The third-order valence-corrected chi connectivity index (χ3v) is 2.05. The van der Waals surface area contributed by atoms with E-state index in [2.05, 4.69) is 9.98 Å². The maximum absolute atomic E-state index is 11.5. The number of rotatable bonds is 1. The quantitative estimate of drug-likeness (QED) is 0.675. The molecule has 1 aromatic heterocycles. The highest BCUT2D eigenvalue weighted by atomic mass is 16.1. The van der Waals surface area contributed by atoms with Gasteiger partial charge in [-0.15, -0.1) is 0 Å². The van der Waals surface area contributed by atoms with E-state index in [1.54, 1.807) is 13.3 Å². The van der Waals surface area contributed by atoms with Crippen LogP contribution in [0.1, 0.15) is 5.56 Å². The van der Waals surface area contributed by atoms with Gasteiger partial charge in [0.15, 0.2) is 0 Å². The highest BCUT2D eigenvalue weighted by Gasteiger charge is 1.98. The second kappa shape index (κ2) is 3.46. The zero-order valence-corrected chi connectivity index (χ0v) is 7.82. The fourth-order valence-electron chi connectivity index (χ4n) is 1.40. The standard InChI is InChI=1S/C11H10N2O/c1-12-7-9-6-8-4-2-3-5-10(8)13-11(9)14/h2-7H,1H3,(H,13,14). The van der Waals surface area contributed by atoms with Crippen molar-refractivity contribution in [2.75, 3.05) is 7.05 Å². The molecule has 0 bridgehead atoms. The molecular weight excluding hydrogens is 176 g/mol. The number of benzene rings is 1. The number of aliphatic imine (C=N–C) groups is 1. The number of H-pyrrole nitrogens is 1. The van der Waals surface area contributed by atoms with Crippen LogP contribution in [0.2, 0.25) is 0 Å². The molecule has 2 rings (SSSR count). The van der Waals surface area contributed by atoms with Crippen molar-refractivity contribution in [1.82, 2.24) is 4.98 Å². The Balaban J connectivity index is 2.77. The average Bonchev–Trinajstić information content (AvgIpc) is 2.19. The fraction of sp³-hybridized carbons (Fsp3) is 0.0909. The van der Waals surface area contributed by atoms with E-state index in [9.17, 15) is 4.79 Å². The summed E-state index contributed by atoms with van der Waals surface area (Å²) in [6, 6.07) is 9.50. The number of para-hydroxylation sites is 1. The summed E-state index contributed by atoms with van der Waals surface area (Å²) in [5.74, 6) is 0. The molecule has 3 nitrogen and oxygen atoms in total. The van der Waals surface area contributed by atoms with Crippen molar-refractivity contribution in [3.05, 3.63) is 46.2 Å². The lowest BCUT2D eigenvalue weighted by molar-refractivity contribution is 1.29. The Kier molecular flexibility index (Phi) is 2.14. The third-order valence-electron chi connectivity index (χ3n) is 2.05. The van der Waals surface area contributed by atoms with E-state index in [0.717, 1.165) is 10.9 Å². The normalized spacial score (nSPS) is 11.2. The lowest BCUT2D eigenvalue weighted by Gasteiger charge is -1.97. The molecule has 1 heterocycles. The van der Waals surface area contributed by atoms with Gasteiger partial charge >= 0.3 is 0 Å². The molecule has 0 aliphatic carbocycles. The SMILES string of the molecule is CN=Cc1cc2ccccc2[nH]c1=O. The van der Waals surface area contributed by atoms with E-state index in [-0.39, 0.29) is 5.56 Å². The van der Waals surface area contributed by atoms with Crippen molar-refractivity contribution in [2.24, 2.45) is 4.99 Å². The maximum Gasteiger partial charge on any atom is 0.257 e. The van der Waals surface area contributed by atoms with E-state index < -0.39 is 0 Å². The van der Waals surface area contributed by atoms with Crippen LogP contribution in [0.25, 0.3) is 10.9 Å². The molecule has 0 aliphatic rings. The minimum atomic E-state index is -0.102. The number of hydrogen-bond acceptors (Lipinski definition) is 2. The predicted octanol–water partition coefficient (Wildman–Crippen LogP) is 1.58. The Labute approximate surface area is 81.1 Å². The van der Waals surface area contributed by atoms with Crippen molar-refractivity contribution < 1.29 is 0 Å². The van der Waals surface area contributed by atoms with Crippen LogP contribution in [0.3, 0.4) is 0 Å². The van der Waals surface area contributed by atoms with E-state index in [1.807, 2.05) is 30.3 Å². The molecule has 0 amide bonds. The summed E-state index contributed by atoms with van der Waals surface area (Å²) in [5.41, 5.74) is 1.34. The topological polar surface area (TPSA) is 45.2 Å². The van der Waals surface area contributed by atoms with Gasteiger partial charge in [-0.1, -0.05) is 18.2 Å². The zero-order chi connectivity index (χ0) is 9.97. The summed E-state index contributed by atoms with van der Waals surface area (Å²) in [4.78, 5) is 18.1. The Hall–Kier alpha value is -1.90. The van der Waals surface area contributed by atoms with Crippen LogP contribution in [0.15, 0.2) is 40.1 Å². The second-order valence-corrected chi connectivity index (χ2v) is 3.03. The van der Waals surface area contributed by atoms with Gasteiger partial charge in [-0.3, -0.25) is 9.79 Å². The lowest BCUT2D eigenvalue weighted by Crippen LogP contribution is -2.11. The highest BCUT2D eigenvalue weighted by molar-refractivity contribution is 5.87. The molecule has 3 heteroatoms. The Morgan fingerprint density at radius 1 is 1.36 bits per heavy atom. The summed E-state index contributed by atoms with van der Waals surface area (Å²) in [6.45, 7) is 0. The van der Waals surface area contributed by atoms with E-state index in [0.29, 0.717) is 5.56 Å². The van der Waals surface area contributed by atoms with Gasteiger partial charge in [-0.25, -0.2) is 0 Å². The highest BCUT2D eigenvalue weighted by Crippen LogP contribution is 2.08. The van der Waals surface area contributed by atoms with Crippen LogP contribution in [-0.2, 0) is 0 Å². The van der Waals surface area contributed by atoms with Gasteiger partial charge in [-0.2, -0.15) is 0 Å². The van der Waals surface area contributed by atoms with Crippen molar-refractivity contribution in [2.45, 2.75) is 0 Å². The van der Waals surface area contributed by atoms with Gasteiger partial charge in [0, 0.05) is 18.8 Å². The molecule has 14 heavy (non-hydrogen) atoms. The average molecular weight is 186 g/mol. The Morgan fingerprint density at radius 3 is 2.93 bits per heavy atom. The minimum Gasteiger partial charge on any atom is -0.321 e. The van der Waals surface area contributed by atoms with Crippen molar-refractivity contribution in [3.63, 3.8) is 0 Å². The van der Waals surface area contributed by atoms with Gasteiger partial charge in [0.25, 0.3) is 5.56 Å². The second-order valence-electron chi connectivity index (χ2n) is 3.03. The van der Waals surface area contributed by atoms with Crippen molar-refractivity contribution >= 4 is 17.1 Å². The molecule has 0 saturated carbocycles. The smallest absolute Gasteiger partial charge is 0.257 e. The third kappa shape index (κ3) is 1.44. The molecule has 0 spiro atoms. The summed E-state index contributed by atoms with van der Waals surface area (Å²) >= 11 is 0. The zero-order valence-electron chi connectivity index (χ0n) is 7.82. The molecule has 1 aromatic carbocycles. The van der Waals surface area contributed by atoms with Crippen molar-refractivity contribution in [1.29, 1.82) is 0 Å². The molecule has 1 N–H and O–H groups in total. The maximum atomic E-state index is 11.5. The van der Waals surface area contributed by atoms with E-state index in [4.69, 9.17) is 0 Å².